The zero-order chi connectivity index (χ0) is 21.8. The van der Waals surface area contributed by atoms with Gasteiger partial charge < -0.3 is 14.4 Å². The van der Waals surface area contributed by atoms with Crippen LogP contribution >= 0.6 is 23.2 Å². The lowest BCUT2D eigenvalue weighted by atomic mass is 9.82. The van der Waals surface area contributed by atoms with E-state index in [4.69, 9.17) is 27.9 Å². The fraction of sp³-hybridized carbons (Fsp3) is 0.0833. The Hall–Kier alpha value is -3.30. The third-order valence-electron chi connectivity index (χ3n) is 5.10. The number of aliphatic hydroxyl groups excluding tert-OH is 1. The fourth-order valence-electron chi connectivity index (χ4n) is 3.55. The number of aliphatic hydroxyl groups is 1. The van der Waals surface area contributed by atoms with Gasteiger partial charge in [0.2, 0.25) is 0 Å². The number of halogens is 2. The van der Waals surface area contributed by atoms with Gasteiger partial charge in [0.05, 0.1) is 18.5 Å². The summed E-state index contributed by atoms with van der Waals surface area (Å²) in [5.41, 5.74) is 0.876. The first-order chi connectivity index (χ1) is 15.1. The van der Waals surface area contributed by atoms with Crippen LogP contribution in [0.4, 0.5) is 0 Å². The largest absolute Gasteiger partial charge is 0.456 e. The molecule has 1 aromatic heterocycles. The number of ether oxygens (including phenoxy) is 1. The number of hydrogen-bond donors (Lipinski definition) is 1. The Labute approximate surface area is 189 Å². The van der Waals surface area contributed by atoms with Crippen LogP contribution in [0.3, 0.4) is 0 Å². The molecule has 0 bridgehead atoms. The SMILES string of the molecule is N#Cc1ccc(C(CO)(c2ccc(Cl)cc2)n2ccnc2)cc1Oc1cccc(Cl)c1. The van der Waals surface area contributed by atoms with Crippen molar-refractivity contribution >= 4 is 23.2 Å². The van der Waals surface area contributed by atoms with E-state index in [9.17, 15) is 10.4 Å². The number of imidazole rings is 1. The number of nitriles is 1. The molecule has 0 fully saturated rings. The van der Waals surface area contributed by atoms with Gasteiger partial charge in [-0.3, -0.25) is 0 Å². The van der Waals surface area contributed by atoms with Gasteiger partial charge in [-0.15, -0.1) is 0 Å². The highest BCUT2D eigenvalue weighted by atomic mass is 35.5. The van der Waals surface area contributed by atoms with Gasteiger partial charge in [-0.2, -0.15) is 5.26 Å². The van der Waals surface area contributed by atoms with Crippen LogP contribution in [0.5, 0.6) is 11.5 Å². The standard InChI is InChI=1S/C24H17Cl2N3O2/c25-20-8-6-18(7-9-20)24(15-30,29-11-10-28-16-29)19-5-4-17(14-27)23(12-19)31-22-3-1-2-21(26)13-22/h1-13,16,30H,15H2. The molecule has 1 atom stereocenters. The number of nitrogens with zero attached hydrogens (tertiary/aromatic N) is 3. The summed E-state index contributed by atoms with van der Waals surface area (Å²) >= 11 is 12.2. The molecule has 154 valence electrons. The minimum atomic E-state index is -0.998. The summed E-state index contributed by atoms with van der Waals surface area (Å²) in [6, 6.07) is 21.6. The molecule has 0 saturated heterocycles. The lowest BCUT2D eigenvalue weighted by molar-refractivity contribution is 0.196. The summed E-state index contributed by atoms with van der Waals surface area (Å²) in [5.74, 6) is 0.860. The first kappa shape index (κ1) is 21.0. The second-order valence-corrected chi connectivity index (χ2v) is 7.75. The number of hydrogen-bond acceptors (Lipinski definition) is 4. The average molecular weight is 450 g/mol. The van der Waals surface area contributed by atoms with Crippen molar-refractivity contribution in [2.45, 2.75) is 5.54 Å². The zero-order valence-electron chi connectivity index (χ0n) is 16.2. The smallest absolute Gasteiger partial charge is 0.145 e. The zero-order valence-corrected chi connectivity index (χ0v) is 17.8. The first-order valence-electron chi connectivity index (χ1n) is 9.40. The Kier molecular flexibility index (Phi) is 5.97. The van der Waals surface area contributed by atoms with Crippen molar-refractivity contribution < 1.29 is 9.84 Å². The number of aromatic nitrogens is 2. The van der Waals surface area contributed by atoms with Crippen molar-refractivity contribution in [2.24, 2.45) is 0 Å². The first-order valence-corrected chi connectivity index (χ1v) is 10.2. The summed E-state index contributed by atoms with van der Waals surface area (Å²) in [4.78, 5) is 4.17. The molecule has 4 aromatic rings. The molecule has 5 nitrogen and oxygen atoms in total. The summed E-state index contributed by atoms with van der Waals surface area (Å²) in [6.45, 7) is -0.256. The number of benzene rings is 3. The van der Waals surface area contributed by atoms with Gasteiger partial charge in [0, 0.05) is 22.4 Å². The summed E-state index contributed by atoms with van der Waals surface area (Å²) in [7, 11) is 0. The summed E-state index contributed by atoms with van der Waals surface area (Å²) in [6.07, 6.45) is 5.06. The van der Waals surface area contributed by atoms with Crippen molar-refractivity contribution in [3.63, 3.8) is 0 Å². The highest BCUT2D eigenvalue weighted by Crippen LogP contribution is 2.38. The van der Waals surface area contributed by atoms with Gasteiger partial charge >= 0.3 is 0 Å². The van der Waals surface area contributed by atoms with Crippen LogP contribution in [0.25, 0.3) is 0 Å². The van der Waals surface area contributed by atoms with Gasteiger partial charge in [0.15, 0.2) is 0 Å². The molecule has 0 saturated carbocycles. The highest BCUT2D eigenvalue weighted by Gasteiger charge is 2.36. The van der Waals surface area contributed by atoms with Crippen LogP contribution in [0.1, 0.15) is 16.7 Å². The van der Waals surface area contributed by atoms with Crippen molar-refractivity contribution in [3.05, 3.63) is 112 Å². The van der Waals surface area contributed by atoms with Crippen molar-refractivity contribution in [1.29, 1.82) is 5.26 Å². The van der Waals surface area contributed by atoms with Crippen LogP contribution in [0, 0.1) is 11.3 Å². The molecule has 4 rings (SSSR count). The van der Waals surface area contributed by atoms with E-state index in [-0.39, 0.29) is 6.61 Å². The number of rotatable bonds is 6. The highest BCUT2D eigenvalue weighted by molar-refractivity contribution is 6.30. The molecule has 7 heteroatoms. The Morgan fingerprint density at radius 1 is 1.00 bits per heavy atom. The van der Waals surface area contributed by atoms with E-state index in [1.165, 1.54) is 0 Å². The third-order valence-corrected chi connectivity index (χ3v) is 5.59. The molecule has 1 unspecified atom stereocenters. The molecule has 0 spiro atoms. The van der Waals surface area contributed by atoms with Gasteiger partial charge in [0.25, 0.3) is 0 Å². The quantitative estimate of drug-likeness (QED) is 0.413. The summed E-state index contributed by atoms with van der Waals surface area (Å²) in [5, 5.41) is 21.4. The lowest BCUT2D eigenvalue weighted by Crippen LogP contribution is -2.39. The van der Waals surface area contributed by atoms with Crippen molar-refractivity contribution in [3.8, 4) is 17.6 Å². The normalized spacial score (nSPS) is 12.7. The van der Waals surface area contributed by atoms with Crippen LogP contribution < -0.4 is 4.74 Å². The maximum Gasteiger partial charge on any atom is 0.145 e. The summed E-state index contributed by atoms with van der Waals surface area (Å²) < 4.78 is 7.82. The molecule has 1 heterocycles. The predicted molar refractivity (Wildman–Crippen MR) is 120 cm³/mol. The van der Waals surface area contributed by atoms with E-state index < -0.39 is 5.54 Å². The molecule has 0 aliphatic carbocycles. The van der Waals surface area contributed by atoms with Crippen molar-refractivity contribution in [1.82, 2.24) is 9.55 Å². The molecule has 1 N–H and O–H groups in total. The Morgan fingerprint density at radius 2 is 1.77 bits per heavy atom. The van der Waals surface area contributed by atoms with Crippen LogP contribution in [0.2, 0.25) is 10.0 Å². The topological polar surface area (TPSA) is 71.1 Å². The maximum atomic E-state index is 10.7. The minimum absolute atomic E-state index is 0.256. The average Bonchev–Trinajstić information content (AvgIpc) is 3.31. The maximum absolute atomic E-state index is 10.7. The second kappa shape index (κ2) is 8.83. The molecule has 0 aliphatic rings. The molecule has 3 aromatic carbocycles. The van der Waals surface area contributed by atoms with Gasteiger partial charge in [0.1, 0.15) is 23.1 Å². The van der Waals surface area contributed by atoms with E-state index in [1.54, 1.807) is 73.3 Å². The Bertz CT molecular complexity index is 1230. The fourth-order valence-corrected chi connectivity index (χ4v) is 3.86. The molecule has 0 aliphatic heterocycles. The third kappa shape index (κ3) is 4.01. The molecular weight excluding hydrogens is 433 g/mol. The predicted octanol–water partition coefficient (Wildman–Crippen LogP) is 5.64. The van der Waals surface area contributed by atoms with E-state index in [1.807, 2.05) is 16.7 Å². The second-order valence-electron chi connectivity index (χ2n) is 6.88. The minimum Gasteiger partial charge on any atom is -0.456 e. The van der Waals surface area contributed by atoms with E-state index in [2.05, 4.69) is 11.1 Å². The molecule has 31 heavy (non-hydrogen) atoms. The lowest BCUT2D eigenvalue weighted by Gasteiger charge is -2.35. The van der Waals surface area contributed by atoms with Gasteiger partial charge in [-0.1, -0.05) is 47.5 Å². The van der Waals surface area contributed by atoms with Crippen LogP contribution in [-0.2, 0) is 5.54 Å². The van der Waals surface area contributed by atoms with Crippen LogP contribution in [-0.4, -0.2) is 21.3 Å². The molecule has 0 amide bonds. The molecule has 0 radical (unpaired) electrons. The van der Waals surface area contributed by atoms with E-state index in [0.717, 1.165) is 5.56 Å². The molecular formula is C24H17Cl2N3O2. The van der Waals surface area contributed by atoms with Crippen molar-refractivity contribution in [2.75, 3.05) is 6.61 Å². The Morgan fingerprint density at radius 3 is 2.42 bits per heavy atom. The van der Waals surface area contributed by atoms with Gasteiger partial charge in [-0.25, -0.2) is 4.98 Å². The van der Waals surface area contributed by atoms with E-state index in [0.29, 0.717) is 32.7 Å². The Balaban J connectivity index is 1.90. The van der Waals surface area contributed by atoms with Crippen LogP contribution in [0.15, 0.2) is 85.5 Å². The monoisotopic (exact) mass is 449 g/mol. The van der Waals surface area contributed by atoms with Gasteiger partial charge in [-0.05, 0) is 53.6 Å². The van der Waals surface area contributed by atoms with E-state index >= 15 is 0 Å².